The highest BCUT2D eigenvalue weighted by Gasteiger charge is 2.33. The second-order valence-electron chi connectivity index (χ2n) is 10.5. The molecule has 3 aliphatic heterocycles. The zero-order valence-electron chi connectivity index (χ0n) is 20.1. The predicted molar refractivity (Wildman–Crippen MR) is 134 cm³/mol. The molecule has 0 aliphatic carbocycles. The molecule has 0 saturated carbocycles. The second kappa shape index (κ2) is 9.07. The average Bonchev–Trinajstić information content (AvgIpc) is 3.39. The van der Waals surface area contributed by atoms with Crippen LogP contribution >= 0.6 is 0 Å². The van der Waals surface area contributed by atoms with Crippen molar-refractivity contribution in [3.63, 3.8) is 0 Å². The first-order valence-corrected chi connectivity index (χ1v) is 12.3. The molecule has 1 atom stereocenters. The van der Waals surface area contributed by atoms with E-state index >= 15 is 0 Å². The molecule has 5 rings (SSSR count). The van der Waals surface area contributed by atoms with E-state index in [1.807, 2.05) is 12.1 Å². The van der Waals surface area contributed by atoms with Crippen molar-refractivity contribution in [1.82, 2.24) is 4.98 Å². The lowest BCUT2D eigenvalue weighted by atomic mass is 9.96. The van der Waals surface area contributed by atoms with Gasteiger partial charge in [0, 0.05) is 56.9 Å². The fourth-order valence-corrected chi connectivity index (χ4v) is 5.27. The third-order valence-electron chi connectivity index (χ3n) is 7.16. The average molecular weight is 466 g/mol. The molecular weight excluding hydrogens is 430 g/mol. The fraction of sp³-hybridized carbons (Fsp3) is 0.538. The second-order valence-corrected chi connectivity index (χ2v) is 10.5. The van der Waals surface area contributed by atoms with Crippen LogP contribution in [-0.4, -0.2) is 60.4 Å². The Bertz CT molecular complexity index is 1060. The van der Waals surface area contributed by atoms with E-state index in [9.17, 15) is 9.90 Å². The van der Waals surface area contributed by atoms with Gasteiger partial charge in [-0.1, -0.05) is 6.07 Å². The van der Waals surface area contributed by atoms with E-state index in [1.165, 1.54) is 0 Å². The van der Waals surface area contributed by atoms with E-state index in [2.05, 4.69) is 46.1 Å². The van der Waals surface area contributed by atoms with Crippen molar-refractivity contribution in [1.29, 1.82) is 0 Å². The number of hydrogen-bond donors (Lipinski definition) is 3. The monoisotopic (exact) mass is 465 g/mol. The van der Waals surface area contributed by atoms with Gasteiger partial charge in [-0.15, -0.1) is 0 Å². The van der Waals surface area contributed by atoms with Crippen LogP contribution in [-0.2, 0) is 6.42 Å². The van der Waals surface area contributed by atoms with Gasteiger partial charge in [-0.2, -0.15) is 0 Å². The molecule has 2 fully saturated rings. The van der Waals surface area contributed by atoms with Crippen LogP contribution in [0.3, 0.4) is 0 Å². The summed E-state index contributed by atoms with van der Waals surface area (Å²) in [4.78, 5) is 22.4. The number of fused-ring (bicyclic) bond motifs is 1. The first kappa shape index (κ1) is 22.9. The Hall–Kier alpha value is -2.84. The summed E-state index contributed by atoms with van der Waals surface area (Å²) in [5.74, 6) is 1.78. The highest BCUT2D eigenvalue weighted by atomic mass is 16.5. The van der Waals surface area contributed by atoms with Gasteiger partial charge in [-0.3, -0.25) is 4.79 Å². The van der Waals surface area contributed by atoms with Crippen molar-refractivity contribution in [2.24, 2.45) is 11.7 Å². The molecule has 0 radical (unpaired) electrons. The number of nitrogens with zero attached hydrogens (tertiary/aromatic N) is 3. The van der Waals surface area contributed by atoms with Crippen LogP contribution < -0.4 is 25.6 Å². The van der Waals surface area contributed by atoms with Crippen LogP contribution in [0.15, 0.2) is 30.3 Å². The number of carbonyl (C=O) groups excluding carboxylic acids is 1. The summed E-state index contributed by atoms with van der Waals surface area (Å²) in [7, 11) is 0. The molecule has 1 aromatic carbocycles. The summed E-state index contributed by atoms with van der Waals surface area (Å²) in [6, 6.07) is 9.82. The molecule has 1 aromatic heterocycles. The molecule has 0 bridgehead atoms. The van der Waals surface area contributed by atoms with Gasteiger partial charge in [0.25, 0.3) is 5.91 Å². The summed E-state index contributed by atoms with van der Waals surface area (Å²) in [6.45, 7) is 7.66. The molecule has 0 spiro atoms. The number of aliphatic hydroxyl groups is 1. The first-order valence-electron chi connectivity index (χ1n) is 12.3. The van der Waals surface area contributed by atoms with Crippen LogP contribution in [0.4, 0.5) is 17.2 Å². The van der Waals surface area contributed by atoms with Crippen molar-refractivity contribution in [3.8, 4) is 5.75 Å². The highest BCUT2D eigenvalue weighted by molar-refractivity contribution is 6.05. The SMILES string of the molecule is CC1(C)Cc2cc(NC(=O)c3cccc(N4CC[C@@H](N)C4)n3)c(N3CCC(CO)CC3)cc2O1. The third kappa shape index (κ3) is 4.70. The van der Waals surface area contributed by atoms with Crippen molar-refractivity contribution >= 4 is 23.1 Å². The number of ether oxygens (including phenoxy) is 1. The number of aliphatic hydroxyl groups excluding tert-OH is 1. The van der Waals surface area contributed by atoms with E-state index in [0.29, 0.717) is 11.6 Å². The van der Waals surface area contributed by atoms with E-state index in [4.69, 9.17) is 10.5 Å². The molecule has 8 heteroatoms. The lowest BCUT2D eigenvalue weighted by Gasteiger charge is -2.34. The highest BCUT2D eigenvalue weighted by Crippen LogP contribution is 2.42. The third-order valence-corrected chi connectivity index (χ3v) is 7.16. The number of aromatic nitrogens is 1. The number of pyridine rings is 1. The Balaban J connectivity index is 1.41. The zero-order chi connectivity index (χ0) is 23.9. The molecule has 34 heavy (non-hydrogen) atoms. The number of nitrogens with two attached hydrogens (primary N) is 1. The quantitative estimate of drug-likeness (QED) is 0.624. The Morgan fingerprint density at radius 3 is 2.68 bits per heavy atom. The summed E-state index contributed by atoms with van der Waals surface area (Å²) in [5.41, 5.74) is 9.02. The summed E-state index contributed by atoms with van der Waals surface area (Å²) in [6.07, 6.45) is 3.58. The number of benzene rings is 1. The molecular formula is C26H35N5O3. The number of rotatable bonds is 5. The first-order chi connectivity index (χ1) is 16.3. The van der Waals surface area contributed by atoms with Gasteiger partial charge in [0.2, 0.25) is 0 Å². The van der Waals surface area contributed by atoms with E-state index in [1.54, 1.807) is 6.07 Å². The van der Waals surface area contributed by atoms with Gasteiger partial charge < -0.3 is 30.7 Å². The van der Waals surface area contributed by atoms with Gasteiger partial charge in [-0.05, 0) is 57.2 Å². The Morgan fingerprint density at radius 2 is 1.97 bits per heavy atom. The maximum atomic E-state index is 13.3. The number of amides is 1. The van der Waals surface area contributed by atoms with Crippen LogP contribution in [0.1, 0.15) is 49.2 Å². The fourth-order valence-electron chi connectivity index (χ4n) is 5.27. The van der Waals surface area contributed by atoms with Crippen molar-refractivity contribution in [2.75, 3.05) is 47.9 Å². The standard InChI is InChI=1S/C26H35N5O3/c1-26(2)14-18-12-21(22(13-23(18)34-26)30-9-6-17(16-32)7-10-30)29-25(33)20-4-3-5-24(28-20)31-11-8-19(27)15-31/h3-5,12-13,17,19,32H,6-11,14-16,27H2,1-2H3,(H,29,33)/t19-/m1/s1. The Kier molecular flexibility index (Phi) is 6.12. The van der Waals surface area contributed by atoms with Gasteiger partial charge in [-0.25, -0.2) is 4.98 Å². The van der Waals surface area contributed by atoms with Gasteiger partial charge in [0.05, 0.1) is 11.4 Å². The zero-order valence-corrected chi connectivity index (χ0v) is 20.1. The Morgan fingerprint density at radius 1 is 1.21 bits per heavy atom. The maximum Gasteiger partial charge on any atom is 0.274 e. The number of carbonyl (C=O) groups is 1. The molecule has 0 unspecified atom stereocenters. The maximum absolute atomic E-state index is 13.3. The number of nitrogens with one attached hydrogen (secondary N) is 1. The summed E-state index contributed by atoms with van der Waals surface area (Å²) in [5, 5.41) is 12.7. The van der Waals surface area contributed by atoms with Crippen molar-refractivity contribution in [3.05, 3.63) is 41.6 Å². The lowest BCUT2D eigenvalue weighted by Crippen LogP contribution is -2.35. The predicted octanol–water partition coefficient (Wildman–Crippen LogP) is 2.79. The minimum atomic E-state index is -0.265. The molecule has 1 amide bonds. The molecule has 4 heterocycles. The number of hydrogen-bond acceptors (Lipinski definition) is 7. The van der Waals surface area contributed by atoms with Crippen LogP contribution in [0.25, 0.3) is 0 Å². The topological polar surface area (TPSA) is 104 Å². The van der Waals surface area contributed by atoms with E-state index in [0.717, 1.165) is 80.4 Å². The molecule has 182 valence electrons. The normalized spacial score (nSPS) is 21.9. The van der Waals surface area contributed by atoms with Gasteiger partial charge in [0.15, 0.2) is 0 Å². The number of anilines is 3. The van der Waals surface area contributed by atoms with E-state index in [-0.39, 0.29) is 24.2 Å². The minimum absolute atomic E-state index is 0.148. The molecule has 8 nitrogen and oxygen atoms in total. The Labute approximate surface area is 201 Å². The molecule has 4 N–H and O–H groups in total. The largest absolute Gasteiger partial charge is 0.487 e. The molecule has 2 aromatic rings. The smallest absolute Gasteiger partial charge is 0.274 e. The summed E-state index contributed by atoms with van der Waals surface area (Å²) < 4.78 is 6.19. The van der Waals surface area contributed by atoms with Crippen LogP contribution in [0.5, 0.6) is 5.75 Å². The molecule has 2 saturated heterocycles. The van der Waals surface area contributed by atoms with Crippen molar-refractivity contribution in [2.45, 2.75) is 51.2 Å². The van der Waals surface area contributed by atoms with E-state index < -0.39 is 0 Å². The lowest BCUT2D eigenvalue weighted by molar-refractivity contribution is 0.102. The number of piperidine rings is 1. The van der Waals surface area contributed by atoms with Crippen LogP contribution in [0.2, 0.25) is 0 Å². The summed E-state index contributed by atoms with van der Waals surface area (Å²) >= 11 is 0. The minimum Gasteiger partial charge on any atom is -0.487 e. The van der Waals surface area contributed by atoms with Crippen molar-refractivity contribution < 1.29 is 14.6 Å². The van der Waals surface area contributed by atoms with Gasteiger partial charge in [0.1, 0.15) is 22.9 Å². The van der Waals surface area contributed by atoms with Gasteiger partial charge >= 0.3 is 0 Å². The molecule has 3 aliphatic rings. The van der Waals surface area contributed by atoms with Crippen LogP contribution in [0, 0.1) is 5.92 Å².